The highest BCUT2D eigenvalue weighted by atomic mass is 16.5. The van der Waals surface area contributed by atoms with E-state index in [2.05, 4.69) is 30.8 Å². The summed E-state index contributed by atoms with van der Waals surface area (Å²) in [5.41, 5.74) is 1.00. The van der Waals surface area contributed by atoms with Gasteiger partial charge in [0.2, 0.25) is 0 Å². The van der Waals surface area contributed by atoms with Crippen LogP contribution < -0.4 is 10.6 Å². The molecule has 0 atom stereocenters. The van der Waals surface area contributed by atoms with E-state index in [-0.39, 0.29) is 0 Å². The molecule has 0 bridgehead atoms. The third kappa shape index (κ3) is 6.25. The Hall–Kier alpha value is -2.48. The zero-order valence-electron chi connectivity index (χ0n) is 17.5. The summed E-state index contributed by atoms with van der Waals surface area (Å²) >= 11 is 0. The van der Waals surface area contributed by atoms with Crippen LogP contribution in [0.15, 0.2) is 33.9 Å². The van der Waals surface area contributed by atoms with Crippen LogP contribution >= 0.6 is 0 Å². The molecular formula is C21H32N6O2. The number of pyridine rings is 1. The summed E-state index contributed by atoms with van der Waals surface area (Å²) in [6.07, 6.45) is 8.57. The molecule has 0 saturated heterocycles. The van der Waals surface area contributed by atoms with Crippen molar-refractivity contribution in [1.29, 1.82) is 0 Å². The number of hydrogen-bond donors (Lipinski definition) is 2. The largest absolute Gasteiger partial charge is 0.382 e. The lowest BCUT2D eigenvalue weighted by molar-refractivity contribution is 0.105. The second-order valence-corrected chi connectivity index (χ2v) is 7.49. The number of rotatable bonds is 10. The average Bonchev–Trinajstić information content (AvgIpc) is 3.42. The number of nitrogens with zero attached hydrogens (tertiary/aromatic N) is 4. The third-order valence-electron chi connectivity index (χ3n) is 5.49. The number of aromatic nitrogens is 3. The van der Waals surface area contributed by atoms with Crippen molar-refractivity contribution in [3.8, 4) is 11.6 Å². The molecule has 0 radical (unpaired) electrons. The first kappa shape index (κ1) is 21.2. The monoisotopic (exact) mass is 400 g/mol. The molecule has 1 aliphatic carbocycles. The van der Waals surface area contributed by atoms with E-state index in [1.807, 2.05) is 25.1 Å². The topological polar surface area (TPSA) is 97.5 Å². The van der Waals surface area contributed by atoms with E-state index in [0.29, 0.717) is 35.8 Å². The Labute approximate surface area is 172 Å². The van der Waals surface area contributed by atoms with Crippen molar-refractivity contribution in [2.24, 2.45) is 10.4 Å². The van der Waals surface area contributed by atoms with Crippen LogP contribution in [0.3, 0.4) is 0 Å². The summed E-state index contributed by atoms with van der Waals surface area (Å²) in [5.74, 6) is 1.90. The van der Waals surface area contributed by atoms with Crippen LogP contribution in [0.2, 0.25) is 0 Å². The molecule has 2 aromatic rings. The van der Waals surface area contributed by atoms with Crippen LogP contribution in [-0.4, -0.2) is 54.4 Å². The van der Waals surface area contributed by atoms with Gasteiger partial charge in [0, 0.05) is 46.0 Å². The predicted octanol–water partition coefficient (Wildman–Crippen LogP) is 2.83. The minimum atomic E-state index is 0.318. The second kappa shape index (κ2) is 10.9. The number of aliphatic imine (C=N–C) groups is 1. The Balaban J connectivity index is 1.44. The highest BCUT2D eigenvalue weighted by Gasteiger charge is 2.33. The third-order valence-corrected chi connectivity index (χ3v) is 5.49. The van der Waals surface area contributed by atoms with Crippen LogP contribution in [0.25, 0.3) is 11.6 Å². The molecule has 0 aromatic carbocycles. The molecule has 0 unspecified atom stereocenters. The molecule has 3 rings (SSSR count). The second-order valence-electron chi connectivity index (χ2n) is 7.49. The fourth-order valence-corrected chi connectivity index (χ4v) is 3.81. The van der Waals surface area contributed by atoms with E-state index >= 15 is 0 Å². The number of guanidine groups is 1. The fourth-order valence-electron chi connectivity index (χ4n) is 3.81. The maximum absolute atomic E-state index is 5.60. The Kier molecular flexibility index (Phi) is 7.98. The van der Waals surface area contributed by atoms with Crippen molar-refractivity contribution in [3.05, 3.63) is 30.2 Å². The van der Waals surface area contributed by atoms with Crippen molar-refractivity contribution in [2.75, 3.05) is 33.4 Å². The molecular weight excluding hydrogens is 368 g/mol. The van der Waals surface area contributed by atoms with Gasteiger partial charge in [0.05, 0.1) is 0 Å². The molecule has 1 fully saturated rings. The summed E-state index contributed by atoms with van der Waals surface area (Å²) in [5, 5.41) is 10.9. The molecule has 2 N–H and O–H groups in total. The van der Waals surface area contributed by atoms with Gasteiger partial charge in [-0.2, -0.15) is 4.98 Å². The van der Waals surface area contributed by atoms with E-state index in [4.69, 9.17) is 9.26 Å². The number of nitrogens with one attached hydrogen (secondary N) is 2. The summed E-state index contributed by atoms with van der Waals surface area (Å²) in [6.45, 7) is 5.26. The summed E-state index contributed by atoms with van der Waals surface area (Å²) < 4.78 is 10.9. The highest BCUT2D eigenvalue weighted by Crippen LogP contribution is 2.40. The van der Waals surface area contributed by atoms with Gasteiger partial charge in [0.15, 0.2) is 11.8 Å². The summed E-state index contributed by atoms with van der Waals surface area (Å²) in [7, 11) is 1.80. The van der Waals surface area contributed by atoms with Crippen molar-refractivity contribution < 1.29 is 9.26 Å². The molecule has 158 valence electrons. The van der Waals surface area contributed by atoms with Crippen molar-refractivity contribution in [2.45, 2.75) is 45.4 Å². The average molecular weight is 401 g/mol. The van der Waals surface area contributed by atoms with Gasteiger partial charge in [0.25, 0.3) is 5.89 Å². The zero-order valence-corrected chi connectivity index (χ0v) is 17.5. The van der Waals surface area contributed by atoms with Crippen LogP contribution in [0.4, 0.5) is 0 Å². The Bertz CT molecular complexity index is 756. The van der Waals surface area contributed by atoms with Gasteiger partial charge in [-0.05, 0) is 43.7 Å². The van der Waals surface area contributed by atoms with Gasteiger partial charge >= 0.3 is 0 Å². The van der Waals surface area contributed by atoms with Gasteiger partial charge in [-0.25, -0.2) is 0 Å². The molecule has 2 aromatic heterocycles. The van der Waals surface area contributed by atoms with Gasteiger partial charge < -0.3 is 19.9 Å². The lowest BCUT2D eigenvalue weighted by Crippen LogP contribution is -2.44. The number of ether oxygens (including phenoxy) is 1. The normalized spacial score (nSPS) is 16.1. The quantitative estimate of drug-likeness (QED) is 0.359. The van der Waals surface area contributed by atoms with Gasteiger partial charge in [-0.1, -0.05) is 24.1 Å². The Morgan fingerprint density at radius 2 is 2.14 bits per heavy atom. The van der Waals surface area contributed by atoms with Gasteiger partial charge in [-0.3, -0.25) is 9.98 Å². The molecule has 0 spiro atoms. The Morgan fingerprint density at radius 1 is 1.28 bits per heavy atom. The van der Waals surface area contributed by atoms with Crippen LogP contribution in [0.1, 0.15) is 44.9 Å². The molecule has 8 heteroatoms. The molecule has 1 aliphatic rings. The van der Waals surface area contributed by atoms with Gasteiger partial charge in [-0.15, -0.1) is 0 Å². The Morgan fingerprint density at radius 3 is 2.86 bits per heavy atom. The first-order chi connectivity index (χ1) is 14.2. The van der Waals surface area contributed by atoms with E-state index < -0.39 is 0 Å². The summed E-state index contributed by atoms with van der Waals surface area (Å²) in [4.78, 5) is 13.0. The SMILES string of the molecule is CCOCCC1(CNC(=NC)NCCc2noc(-c3ccccn3)n2)CCCC1. The lowest BCUT2D eigenvalue weighted by Gasteiger charge is -2.30. The highest BCUT2D eigenvalue weighted by molar-refractivity contribution is 5.79. The predicted molar refractivity (Wildman–Crippen MR) is 113 cm³/mol. The molecule has 29 heavy (non-hydrogen) atoms. The van der Waals surface area contributed by atoms with Crippen molar-refractivity contribution >= 4 is 5.96 Å². The molecule has 2 heterocycles. The molecule has 1 saturated carbocycles. The fraction of sp³-hybridized carbons (Fsp3) is 0.619. The zero-order chi connectivity index (χ0) is 20.4. The minimum absolute atomic E-state index is 0.318. The standard InChI is InChI=1S/C21H32N6O2/c1-3-28-15-12-21(10-5-6-11-21)16-25-20(22-2)24-14-9-18-26-19(29-27-18)17-8-4-7-13-23-17/h4,7-8,13H,3,5-6,9-12,14-16H2,1-2H3,(H2,22,24,25). The lowest BCUT2D eigenvalue weighted by atomic mass is 9.83. The first-order valence-corrected chi connectivity index (χ1v) is 10.5. The molecule has 0 aliphatic heterocycles. The maximum atomic E-state index is 5.60. The van der Waals surface area contributed by atoms with Crippen molar-refractivity contribution in [3.63, 3.8) is 0 Å². The number of hydrogen-bond acceptors (Lipinski definition) is 6. The molecule has 0 amide bonds. The molecule has 8 nitrogen and oxygen atoms in total. The van der Waals surface area contributed by atoms with Crippen LogP contribution in [-0.2, 0) is 11.2 Å². The smallest absolute Gasteiger partial charge is 0.276 e. The van der Waals surface area contributed by atoms with E-state index in [9.17, 15) is 0 Å². The van der Waals surface area contributed by atoms with Crippen molar-refractivity contribution in [1.82, 2.24) is 25.8 Å². The van der Waals surface area contributed by atoms with E-state index in [1.165, 1.54) is 25.7 Å². The van der Waals surface area contributed by atoms with E-state index in [1.54, 1.807) is 13.2 Å². The minimum Gasteiger partial charge on any atom is -0.382 e. The maximum Gasteiger partial charge on any atom is 0.276 e. The first-order valence-electron chi connectivity index (χ1n) is 10.5. The van der Waals surface area contributed by atoms with Gasteiger partial charge in [0.1, 0.15) is 5.69 Å². The van der Waals surface area contributed by atoms with Crippen LogP contribution in [0.5, 0.6) is 0 Å². The summed E-state index contributed by atoms with van der Waals surface area (Å²) in [6, 6.07) is 5.61. The van der Waals surface area contributed by atoms with E-state index in [0.717, 1.165) is 32.1 Å². The van der Waals surface area contributed by atoms with Crippen LogP contribution in [0, 0.1) is 5.41 Å².